The Morgan fingerprint density at radius 2 is 1.77 bits per heavy atom. The van der Waals surface area contributed by atoms with Crippen LogP contribution in [0.5, 0.6) is 0 Å². The monoisotopic (exact) mass is 411 g/mol. The Balaban J connectivity index is 1.58. The summed E-state index contributed by atoms with van der Waals surface area (Å²) in [5.41, 5.74) is 5.46. The molecular formula is C25H24F3NO. The van der Waals surface area contributed by atoms with Gasteiger partial charge < -0.3 is 4.52 Å². The third kappa shape index (κ3) is 3.34. The van der Waals surface area contributed by atoms with Crippen molar-refractivity contribution in [1.82, 2.24) is 5.16 Å². The number of hydrogen-bond donors (Lipinski definition) is 0. The Morgan fingerprint density at radius 3 is 2.53 bits per heavy atom. The highest BCUT2D eigenvalue weighted by Crippen LogP contribution is 2.44. The van der Waals surface area contributed by atoms with Crippen molar-refractivity contribution >= 4 is 0 Å². The molecule has 5 rings (SSSR count). The van der Waals surface area contributed by atoms with Crippen molar-refractivity contribution in [1.29, 1.82) is 0 Å². The lowest BCUT2D eigenvalue weighted by molar-refractivity contribution is -0.138. The summed E-state index contributed by atoms with van der Waals surface area (Å²) in [5.74, 6) is 0.458. The van der Waals surface area contributed by atoms with Crippen LogP contribution in [0.25, 0.3) is 22.6 Å². The molecule has 0 aliphatic heterocycles. The van der Waals surface area contributed by atoms with Gasteiger partial charge in [0.25, 0.3) is 0 Å². The summed E-state index contributed by atoms with van der Waals surface area (Å²) in [6.45, 7) is 2.05. The molecule has 0 spiro atoms. The van der Waals surface area contributed by atoms with E-state index in [1.807, 2.05) is 12.1 Å². The van der Waals surface area contributed by atoms with Crippen LogP contribution in [0.15, 0.2) is 40.9 Å². The molecule has 1 fully saturated rings. The topological polar surface area (TPSA) is 26.0 Å². The first-order valence-corrected chi connectivity index (χ1v) is 10.7. The molecule has 0 atom stereocenters. The van der Waals surface area contributed by atoms with E-state index >= 15 is 0 Å². The number of rotatable bonds is 2. The molecule has 0 saturated heterocycles. The van der Waals surface area contributed by atoms with E-state index in [0.717, 1.165) is 61.8 Å². The van der Waals surface area contributed by atoms with Crippen molar-refractivity contribution in [3.8, 4) is 22.6 Å². The molecule has 0 radical (unpaired) electrons. The Kier molecular flexibility index (Phi) is 4.72. The molecule has 1 saturated carbocycles. The van der Waals surface area contributed by atoms with Gasteiger partial charge in [-0.2, -0.15) is 13.2 Å². The summed E-state index contributed by atoms with van der Waals surface area (Å²) in [6.07, 6.45) is 1.94. The molecular weight excluding hydrogens is 387 g/mol. The lowest BCUT2D eigenvalue weighted by atomic mass is 9.81. The molecule has 3 aromatic rings. The second-order valence-electron chi connectivity index (χ2n) is 8.63. The number of aromatic nitrogens is 1. The van der Waals surface area contributed by atoms with E-state index < -0.39 is 11.7 Å². The predicted molar refractivity (Wildman–Crippen MR) is 110 cm³/mol. The minimum atomic E-state index is -4.38. The largest absolute Gasteiger partial charge is 0.416 e. The third-order valence-electron chi connectivity index (χ3n) is 6.61. The standard InChI is InChI=1S/C25H24F3NO/c1-15-7-10-20-17(13-15)8-12-21-23(20)29-30-24(21)18-9-11-19(16-5-3-2-4-6-16)22(14-18)25(26,27)28/h7,9-11,13-14,16H,2-6,8,12H2,1H3. The highest BCUT2D eigenvalue weighted by molar-refractivity contribution is 5.77. The summed E-state index contributed by atoms with van der Waals surface area (Å²) in [6, 6.07) is 10.9. The van der Waals surface area contributed by atoms with Crippen molar-refractivity contribution in [3.05, 3.63) is 64.2 Å². The summed E-state index contributed by atoms with van der Waals surface area (Å²) in [4.78, 5) is 0. The molecule has 0 amide bonds. The molecule has 1 heterocycles. The zero-order valence-electron chi connectivity index (χ0n) is 17.0. The number of alkyl halides is 3. The van der Waals surface area contributed by atoms with E-state index in [-0.39, 0.29) is 5.92 Å². The highest BCUT2D eigenvalue weighted by Gasteiger charge is 2.36. The second-order valence-corrected chi connectivity index (χ2v) is 8.63. The minimum absolute atomic E-state index is 0.0109. The number of fused-ring (bicyclic) bond motifs is 3. The summed E-state index contributed by atoms with van der Waals surface area (Å²) < 4.78 is 47.5. The van der Waals surface area contributed by atoms with Crippen molar-refractivity contribution in [3.63, 3.8) is 0 Å². The molecule has 2 aliphatic rings. The summed E-state index contributed by atoms with van der Waals surface area (Å²) in [5, 5.41) is 4.25. The number of aryl methyl sites for hydroxylation is 2. The summed E-state index contributed by atoms with van der Waals surface area (Å²) in [7, 11) is 0. The van der Waals surface area contributed by atoms with Crippen LogP contribution in [0.2, 0.25) is 0 Å². The van der Waals surface area contributed by atoms with Gasteiger partial charge in [-0.1, -0.05) is 60.3 Å². The van der Waals surface area contributed by atoms with Crippen LogP contribution in [0, 0.1) is 6.92 Å². The summed E-state index contributed by atoms with van der Waals surface area (Å²) >= 11 is 0. The van der Waals surface area contributed by atoms with E-state index in [2.05, 4.69) is 18.1 Å². The second kappa shape index (κ2) is 7.29. The van der Waals surface area contributed by atoms with Gasteiger partial charge in [-0.15, -0.1) is 0 Å². The van der Waals surface area contributed by atoms with Gasteiger partial charge in [0.1, 0.15) is 5.69 Å². The average molecular weight is 411 g/mol. The molecule has 1 aromatic heterocycles. The Labute approximate surface area is 174 Å². The molecule has 156 valence electrons. The fourth-order valence-electron chi connectivity index (χ4n) is 5.11. The molecule has 30 heavy (non-hydrogen) atoms. The molecule has 2 aliphatic carbocycles. The van der Waals surface area contributed by atoms with Crippen molar-refractivity contribution in [2.45, 2.75) is 64.0 Å². The average Bonchev–Trinajstić information content (AvgIpc) is 3.17. The highest BCUT2D eigenvalue weighted by atomic mass is 19.4. The van der Waals surface area contributed by atoms with Gasteiger partial charge in [-0.05, 0) is 55.7 Å². The number of benzene rings is 2. The number of nitrogens with zero attached hydrogens (tertiary/aromatic N) is 1. The number of halogens is 3. The lowest BCUT2D eigenvalue weighted by Gasteiger charge is -2.25. The van der Waals surface area contributed by atoms with E-state index in [1.54, 1.807) is 12.1 Å². The van der Waals surface area contributed by atoms with Crippen molar-refractivity contribution in [2.24, 2.45) is 0 Å². The van der Waals surface area contributed by atoms with Crippen LogP contribution in [0.4, 0.5) is 13.2 Å². The van der Waals surface area contributed by atoms with Gasteiger partial charge in [-0.25, -0.2) is 0 Å². The van der Waals surface area contributed by atoms with Crippen molar-refractivity contribution in [2.75, 3.05) is 0 Å². The smallest absolute Gasteiger partial charge is 0.355 e. The van der Waals surface area contributed by atoms with Gasteiger partial charge in [0, 0.05) is 16.7 Å². The van der Waals surface area contributed by atoms with E-state index in [0.29, 0.717) is 16.9 Å². The Hall–Kier alpha value is -2.56. The maximum absolute atomic E-state index is 14.0. The molecule has 2 nitrogen and oxygen atoms in total. The van der Waals surface area contributed by atoms with Crippen LogP contribution in [-0.4, -0.2) is 5.16 Å². The first-order chi connectivity index (χ1) is 14.4. The first kappa shape index (κ1) is 19.4. The van der Waals surface area contributed by atoms with Gasteiger partial charge >= 0.3 is 6.18 Å². The Morgan fingerprint density at radius 1 is 0.967 bits per heavy atom. The van der Waals surface area contributed by atoms with Crippen LogP contribution < -0.4 is 0 Å². The van der Waals surface area contributed by atoms with Crippen LogP contribution in [0.3, 0.4) is 0 Å². The van der Waals surface area contributed by atoms with Gasteiger partial charge in [-0.3, -0.25) is 0 Å². The Bertz CT molecular complexity index is 1090. The molecule has 5 heteroatoms. The van der Waals surface area contributed by atoms with Crippen LogP contribution in [0.1, 0.15) is 65.8 Å². The first-order valence-electron chi connectivity index (χ1n) is 10.7. The molecule has 2 aromatic carbocycles. The van der Waals surface area contributed by atoms with E-state index in [9.17, 15) is 13.2 Å². The quantitative estimate of drug-likeness (QED) is 0.437. The van der Waals surface area contributed by atoms with Gasteiger partial charge in [0.15, 0.2) is 5.76 Å². The SMILES string of the molecule is Cc1ccc2c(c1)CCc1c-2noc1-c1ccc(C2CCCCC2)c(C(F)(F)F)c1. The van der Waals surface area contributed by atoms with E-state index in [1.165, 1.54) is 17.2 Å². The maximum atomic E-state index is 14.0. The molecule has 0 unspecified atom stereocenters. The minimum Gasteiger partial charge on any atom is -0.355 e. The van der Waals surface area contributed by atoms with Gasteiger partial charge in [0.05, 0.1) is 5.56 Å². The fourth-order valence-corrected chi connectivity index (χ4v) is 5.11. The van der Waals surface area contributed by atoms with Crippen LogP contribution in [-0.2, 0) is 19.0 Å². The zero-order valence-corrected chi connectivity index (χ0v) is 17.0. The number of hydrogen-bond acceptors (Lipinski definition) is 2. The predicted octanol–water partition coefficient (Wildman–Crippen LogP) is 7.48. The van der Waals surface area contributed by atoms with Gasteiger partial charge in [0.2, 0.25) is 0 Å². The fraction of sp³-hybridized carbons (Fsp3) is 0.400. The normalized spacial score (nSPS) is 16.9. The zero-order chi connectivity index (χ0) is 20.9. The maximum Gasteiger partial charge on any atom is 0.416 e. The van der Waals surface area contributed by atoms with E-state index in [4.69, 9.17) is 4.52 Å². The van der Waals surface area contributed by atoms with Crippen LogP contribution >= 0.6 is 0 Å². The third-order valence-corrected chi connectivity index (χ3v) is 6.61. The lowest BCUT2D eigenvalue weighted by Crippen LogP contribution is -2.14. The molecule has 0 bridgehead atoms. The van der Waals surface area contributed by atoms with Crippen molar-refractivity contribution < 1.29 is 17.7 Å². The molecule has 0 N–H and O–H groups in total.